The van der Waals surface area contributed by atoms with Crippen LogP contribution in [-0.4, -0.2) is 29.9 Å². The van der Waals surface area contributed by atoms with E-state index in [1.165, 1.54) is 37.5 Å². The maximum Gasteiger partial charge on any atom is 0.363 e. The number of aryl methyl sites for hydroxylation is 1. The third-order valence-corrected chi connectivity index (χ3v) is 5.28. The lowest BCUT2D eigenvalue weighted by Crippen LogP contribution is -2.09. The summed E-state index contributed by atoms with van der Waals surface area (Å²) in [5.41, 5.74) is 1.72. The van der Waals surface area contributed by atoms with Crippen molar-refractivity contribution in [3.8, 4) is 11.5 Å². The number of nitro groups is 1. The zero-order valence-electron chi connectivity index (χ0n) is 18.5. The third kappa shape index (κ3) is 5.20. The Hall–Kier alpha value is -4.50. The number of methoxy groups -OCH3 is 1. The van der Waals surface area contributed by atoms with Crippen molar-refractivity contribution in [2.24, 2.45) is 4.99 Å². The first kappa shape index (κ1) is 23.7. The third-order valence-electron chi connectivity index (χ3n) is 4.96. The Labute approximate surface area is 204 Å². The molecule has 0 fully saturated rings. The SMILES string of the molecule is COc1cc(/C=C2\N=C(c3ccc(Cl)c([N+](=O)[O-])c3)OC2=O)ccc1OC(=O)c1cccc(C)c1. The second kappa shape index (κ2) is 9.78. The lowest BCUT2D eigenvalue weighted by Gasteiger charge is -2.10. The number of halogens is 1. The van der Waals surface area contributed by atoms with Crippen molar-refractivity contribution >= 4 is 41.2 Å². The van der Waals surface area contributed by atoms with E-state index in [2.05, 4.69) is 4.99 Å². The molecular formula is C25H17ClN2O7. The van der Waals surface area contributed by atoms with Crippen LogP contribution >= 0.6 is 11.6 Å². The average Bonchev–Trinajstić information content (AvgIpc) is 3.20. The van der Waals surface area contributed by atoms with Crippen molar-refractivity contribution in [2.75, 3.05) is 7.11 Å². The van der Waals surface area contributed by atoms with E-state index in [-0.39, 0.29) is 39.4 Å². The van der Waals surface area contributed by atoms with Crippen molar-refractivity contribution in [1.82, 2.24) is 0 Å². The monoisotopic (exact) mass is 492 g/mol. The number of carbonyl (C=O) groups excluding carboxylic acids is 2. The van der Waals surface area contributed by atoms with Crippen LogP contribution in [0.15, 0.2) is 71.4 Å². The smallest absolute Gasteiger partial charge is 0.363 e. The Morgan fingerprint density at radius 1 is 1.11 bits per heavy atom. The van der Waals surface area contributed by atoms with Gasteiger partial charge in [-0.05, 0) is 55.0 Å². The van der Waals surface area contributed by atoms with Crippen LogP contribution in [0.1, 0.15) is 27.0 Å². The number of rotatable bonds is 6. The molecule has 1 aliphatic heterocycles. The van der Waals surface area contributed by atoms with Crippen LogP contribution in [0.25, 0.3) is 6.08 Å². The van der Waals surface area contributed by atoms with E-state index in [1.807, 2.05) is 13.0 Å². The lowest BCUT2D eigenvalue weighted by atomic mass is 10.1. The number of hydrogen-bond donors (Lipinski definition) is 0. The summed E-state index contributed by atoms with van der Waals surface area (Å²) in [6.07, 6.45) is 1.45. The van der Waals surface area contributed by atoms with Gasteiger partial charge in [-0.25, -0.2) is 14.6 Å². The van der Waals surface area contributed by atoms with Gasteiger partial charge in [0.1, 0.15) is 5.02 Å². The van der Waals surface area contributed by atoms with Gasteiger partial charge >= 0.3 is 11.9 Å². The van der Waals surface area contributed by atoms with Gasteiger partial charge < -0.3 is 14.2 Å². The van der Waals surface area contributed by atoms with Crippen molar-refractivity contribution in [1.29, 1.82) is 0 Å². The second-order valence-electron chi connectivity index (χ2n) is 7.43. The number of benzene rings is 3. The Morgan fingerprint density at radius 2 is 1.91 bits per heavy atom. The van der Waals surface area contributed by atoms with Crippen molar-refractivity contribution in [3.05, 3.63) is 104 Å². The molecule has 0 spiro atoms. The number of ether oxygens (including phenoxy) is 3. The first-order chi connectivity index (χ1) is 16.7. The Kier molecular flexibility index (Phi) is 6.61. The summed E-state index contributed by atoms with van der Waals surface area (Å²) < 4.78 is 16.0. The molecule has 0 N–H and O–H groups in total. The molecule has 3 aromatic rings. The van der Waals surface area contributed by atoms with Crippen LogP contribution in [0, 0.1) is 17.0 Å². The first-order valence-corrected chi connectivity index (χ1v) is 10.6. The minimum absolute atomic E-state index is 0.0239. The fraction of sp³-hybridized carbons (Fsp3) is 0.0800. The van der Waals surface area contributed by atoms with Gasteiger partial charge in [0, 0.05) is 11.6 Å². The molecule has 176 valence electrons. The Bertz CT molecular complexity index is 1430. The highest BCUT2D eigenvalue weighted by atomic mass is 35.5. The number of nitrogens with zero attached hydrogens (tertiary/aromatic N) is 2. The van der Waals surface area contributed by atoms with Gasteiger partial charge in [0.15, 0.2) is 17.2 Å². The molecule has 0 atom stereocenters. The molecule has 1 aliphatic rings. The Morgan fingerprint density at radius 3 is 2.63 bits per heavy atom. The minimum Gasteiger partial charge on any atom is -0.493 e. The van der Waals surface area contributed by atoms with Gasteiger partial charge in [0.2, 0.25) is 5.90 Å². The molecule has 4 rings (SSSR count). The van der Waals surface area contributed by atoms with Crippen molar-refractivity contribution < 1.29 is 28.7 Å². The summed E-state index contributed by atoms with van der Waals surface area (Å²) in [4.78, 5) is 39.5. The lowest BCUT2D eigenvalue weighted by molar-refractivity contribution is -0.384. The molecule has 0 aliphatic carbocycles. The van der Waals surface area contributed by atoms with Crippen LogP contribution in [0.4, 0.5) is 5.69 Å². The highest BCUT2D eigenvalue weighted by molar-refractivity contribution is 6.32. The number of hydrogen-bond acceptors (Lipinski definition) is 8. The molecular weight excluding hydrogens is 476 g/mol. The van der Waals surface area contributed by atoms with Gasteiger partial charge in [-0.1, -0.05) is 35.4 Å². The highest BCUT2D eigenvalue weighted by Crippen LogP contribution is 2.31. The molecule has 0 bridgehead atoms. The normalized spacial score (nSPS) is 13.9. The van der Waals surface area contributed by atoms with Gasteiger partial charge in [0.25, 0.3) is 5.69 Å². The maximum absolute atomic E-state index is 12.5. The summed E-state index contributed by atoms with van der Waals surface area (Å²) in [7, 11) is 1.42. The van der Waals surface area contributed by atoms with E-state index >= 15 is 0 Å². The summed E-state index contributed by atoms with van der Waals surface area (Å²) >= 11 is 5.83. The second-order valence-corrected chi connectivity index (χ2v) is 7.84. The van der Waals surface area contributed by atoms with Gasteiger partial charge in [-0.2, -0.15) is 0 Å². The molecule has 3 aromatic carbocycles. The van der Waals surface area contributed by atoms with E-state index in [0.717, 1.165) is 5.56 Å². The predicted molar refractivity (Wildman–Crippen MR) is 128 cm³/mol. The molecule has 0 amide bonds. The fourth-order valence-corrected chi connectivity index (χ4v) is 3.45. The largest absolute Gasteiger partial charge is 0.493 e. The number of nitro benzene ring substituents is 1. The number of aliphatic imine (C=N–C) groups is 1. The topological polar surface area (TPSA) is 117 Å². The van der Waals surface area contributed by atoms with E-state index in [0.29, 0.717) is 11.1 Å². The first-order valence-electron chi connectivity index (χ1n) is 10.2. The number of carbonyl (C=O) groups is 2. The summed E-state index contributed by atoms with van der Waals surface area (Å²) in [5.74, 6) is -0.885. The van der Waals surface area contributed by atoms with Gasteiger partial charge in [-0.15, -0.1) is 0 Å². The van der Waals surface area contributed by atoms with Crippen molar-refractivity contribution in [3.63, 3.8) is 0 Å². The van der Waals surface area contributed by atoms with Gasteiger partial charge in [0.05, 0.1) is 17.6 Å². The molecule has 0 saturated heterocycles. The molecule has 0 aromatic heterocycles. The van der Waals surface area contributed by atoms with E-state index in [1.54, 1.807) is 30.3 Å². The fourth-order valence-electron chi connectivity index (χ4n) is 3.27. The summed E-state index contributed by atoms with van der Waals surface area (Å²) in [6.45, 7) is 1.87. The summed E-state index contributed by atoms with van der Waals surface area (Å²) in [5, 5.41) is 11.1. The van der Waals surface area contributed by atoms with Crippen LogP contribution in [-0.2, 0) is 9.53 Å². The quantitative estimate of drug-likeness (QED) is 0.154. The van der Waals surface area contributed by atoms with E-state index in [4.69, 9.17) is 25.8 Å². The predicted octanol–water partition coefficient (Wildman–Crippen LogP) is 5.13. The average molecular weight is 493 g/mol. The highest BCUT2D eigenvalue weighted by Gasteiger charge is 2.26. The molecule has 0 saturated carbocycles. The zero-order valence-corrected chi connectivity index (χ0v) is 19.2. The maximum atomic E-state index is 12.5. The van der Waals surface area contributed by atoms with Gasteiger partial charge in [-0.3, -0.25) is 10.1 Å². The molecule has 0 radical (unpaired) electrons. The number of esters is 2. The van der Waals surface area contributed by atoms with E-state index in [9.17, 15) is 19.7 Å². The van der Waals surface area contributed by atoms with Crippen LogP contribution in [0.2, 0.25) is 5.02 Å². The molecule has 9 nitrogen and oxygen atoms in total. The van der Waals surface area contributed by atoms with Crippen LogP contribution in [0.3, 0.4) is 0 Å². The molecule has 1 heterocycles. The molecule has 10 heteroatoms. The van der Waals surface area contributed by atoms with Crippen LogP contribution in [0.5, 0.6) is 11.5 Å². The minimum atomic E-state index is -0.730. The number of cyclic esters (lactones) is 1. The van der Waals surface area contributed by atoms with E-state index < -0.39 is 16.9 Å². The van der Waals surface area contributed by atoms with Crippen LogP contribution < -0.4 is 9.47 Å². The van der Waals surface area contributed by atoms with Crippen molar-refractivity contribution in [2.45, 2.75) is 6.92 Å². The summed E-state index contributed by atoms with van der Waals surface area (Å²) in [6, 6.07) is 15.7. The molecule has 0 unspecified atom stereocenters. The zero-order chi connectivity index (χ0) is 25.1. The molecule has 35 heavy (non-hydrogen) atoms. The standard InChI is InChI=1S/C25H17ClN2O7/c1-14-4-3-5-17(10-14)24(29)34-21-9-6-15(12-22(21)33-2)11-19-25(30)35-23(27-19)16-7-8-18(26)20(13-16)28(31)32/h3-13H,1-2H3/b19-11-. The Balaban J connectivity index is 1.59.